The van der Waals surface area contributed by atoms with E-state index in [0.717, 1.165) is 10.4 Å². The number of likely N-dealkylation sites (N-methyl/N-ethyl adjacent to an activating group) is 1. The molecule has 0 bridgehead atoms. The van der Waals surface area contributed by atoms with Gasteiger partial charge in [0, 0.05) is 23.3 Å². The monoisotopic (exact) mass is 538 g/mol. The number of aromatic nitrogens is 2. The van der Waals surface area contributed by atoms with Crippen LogP contribution < -0.4 is 16.4 Å². The zero-order valence-electron chi connectivity index (χ0n) is 21.2. The number of aliphatic hydroxyl groups is 1. The van der Waals surface area contributed by atoms with Gasteiger partial charge in [0.1, 0.15) is 9.71 Å². The van der Waals surface area contributed by atoms with Crippen molar-refractivity contribution in [2.75, 3.05) is 37.8 Å². The molecule has 2 amide bonds. The second kappa shape index (κ2) is 10.9. The van der Waals surface area contributed by atoms with Crippen LogP contribution in [0.15, 0.2) is 41.8 Å². The van der Waals surface area contributed by atoms with Crippen molar-refractivity contribution in [2.24, 2.45) is 0 Å². The highest BCUT2D eigenvalue weighted by Gasteiger charge is 2.25. The van der Waals surface area contributed by atoms with Gasteiger partial charge in [0.15, 0.2) is 5.82 Å². The van der Waals surface area contributed by atoms with Gasteiger partial charge in [-0.05, 0) is 51.4 Å². The van der Waals surface area contributed by atoms with E-state index in [4.69, 9.17) is 20.8 Å². The lowest BCUT2D eigenvalue weighted by atomic mass is 10.1. The maximum Gasteiger partial charge on any atom is 0.263 e. The van der Waals surface area contributed by atoms with Crippen LogP contribution in [0.1, 0.15) is 30.4 Å². The summed E-state index contributed by atoms with van der Waals surface area (Å²) >= 11 is 2.76. The van der Waals surface area contributed by atoms with Crippen LogP contribution in [0.4, 0.5) is 11.4 Å². The molecule has 194 valence electrons. The van der Waals surface area contributed by atoms with Crippen LogP contribution in [0.25, 0.3) is 32.2 Å². The summed E-state index contributed by atoms with van der Waals surface area (Å²) in [6.45, 7) is 6.27. The van der Waals surface area contributed by atoms with E-state index in [-0.39, 0.29) is 25.0 Å². The summed E-state index contributed by atoms with van der Waals surface area (Å²) in [6, 6.07) is 11.2. The van der Waals surface area contributed by atoms with Gasteiger partial charge in [-0.15, -0.1) is 22.7 Å². The van der Waals surface area contributed by atoms with Crippen LogP contribution in [0.2, 0.25) is 0 Å². The molecule has 0 fully saturated rings. The number of carbonyl (C=O) groups excluding carboxylic acids is 2. The minimum absolute atomic E-state index is 0.0205. The maximum atomic E-state index is 13.0. The Morgan fingerprint density at radius 3 is 2.62 bits per heavy atom. The third-order valence-corrected chi connectivity index (χ3v) is 7.30. The third kappa shape index (κ3) is 6.31. The van der Waals surface area contributed by atoms with E-state index in [0.29, 0.717) is 44.5 Å². The number of nitrogen functional groups attached to an aromatic ring is 1. The molecule has 0 radical (unpaired) electrons. The average Bonchev–Trinajstić information content (AvgIpc) is 3.46. The Morgan fingerprint density at radius 1 is 1.16 bits per heavy atom. The van der Waals surface area contributed by atoms with Crippen molar-refractivity contribution in [1.29, 1.82) is 0 Å². The Bertz CT molecular complexity index is 1430. The highest BCUT2D eigenvalue weighted by Crippen LogP contribution is 2.40. The second-order valence-corrected chi connectivity index (χ2v) is 11.6. The predicted octanol–water partition coefficient (Wildman–Crippen LogP) is 4.06. The van der Waals surface area contributed by atoms with E-state index in [9.17, 15) is 9.59 Å². The Balaban J connectivity index is 1.79. The first-order chi connectivity index (χ1) is 17.6. The summed E-state index contributed by atoms with van der Waals surface area (Å²) in [7, 11) is 1.77. The zero-order chi connectivity index (χ0) is 26.7. The molecule has 11 heteroatoms. The fourth-order valence-electron chi connectivity index (χ4n) is 3.75. The summed E-state index contributed by atoms with van der Waals surface area (Å²) in [5.74, 6) is 0.0858. The number of anilines is 2. The van der Waals surface area contributed by atoms with Crippen LogP contribution in [-0.4, -0.2) is 64.1 Å². The van der Waals surface area contributed by atoms with Crippen molar-refractivity contribution in [3.63, 3.8) is 0 Å². The minimum Gasteiger partial charge on any atom is -0.397 e. The van der Waals surface area contributed by atoms with E-state index >= 15 is 0 Å². The number of hydrogen-bond donors (Lipinski definition) is 4. The number of benzene rings is 1. The van der Waals surface area contributed by atoms with Gasteiger partial charge in [-0.1, -0.05) is 18.2 Å². The molecule has 0 aliphatic heterocycles. The predicted molar refractivity (Wildman–Crippen MR) is 151 cm³/mol. The Labute approximate surface area is 223 Å². The molecule has 9 nitrogen and oxygen atoms in total. The smallest absolute Gasteiger partial charge is 0.263 e. The summed E-state index contributed by atoms with van der Waals surface area (Å²) < 4.78 is 0. The molecule has 37 heavy (non-hydrogen) atoms. The van der Waals surface area contributed by atoms with Gasteiger partial charge in [-0.2, -0.15) is 0 Å². The maximum absolute atomic E-state index is 13.0. The van der Waals surface area contributed by atoms with Crippen molar-refractivity contribution in [3.8, 4) is 22.0 Å². The quantitative estimate of drug-likeness (QED) is 0.266. The van der Waals surface area contributed by atoms with E-state index < -0.39 is 5.54 Å². The highest BCUT2D eigenvalue weighted by molar-refractivity contribution is 7.21. The number of thiophene rings is 2. The van der Waals surface area contributed by atoms with Crippen molar-refractivity contribution < 1.29 is 14.7 Å². The van der Waals surface area contributed by atoms with Crippen molar-refractivity contribution in [3.05, 3.63) is 46.7 Å². The molecule has 4 aromatic rings. The lowest BCUT2D eigenvalue weighted by Crippen LogP contribution is -2.40. The lowest BCUT2D eigenvalue weighted by molar-refractivity contribution is -0.117. The fraction of sp³-hybridized carbons (Fsp3) is 0.308. The standard InChI is InChI=1S/C26H30N6O3S2/c1-26(2,3)31-24(35)22-20(27)19-21(29-23(30-25(19)37-22)17-9-6-12-36-17)15-7-5-8-16(13-15)28-18(34)14-32(4)10-11-33/h5-9,12-13,33H,10-11,14,27H2,1-4H3,(H,28,34)(H,31,35). The number of carbonyl (C=O) groups is 2. The number of hydrogen-bond acceptors (Lipinski definition) is 9. The number of nitrogens with zero attached hydrogens (tertiary/aromatic N) is 3. The first kappa shape index (κ1) is 26.7. The summed E-state index contributed by atoms with van der Waals surface area (Å²) in [6.07, 6.45) is 0. The fourth-order valence-corrected chi connectivity index (χ4v) is 5.40. The zero-order valence-corrected chi connectivity index (χ0v) is 22.8. The van der Waals surface area contributed by atoms with E-state index in [1.54, 1.807) is 18.0 Å². The lowest BCUT2D eigenvalue weighted by Gasteiger charge is -2.20. The molecule has 3 heterocycles. The Morgan fingerprint density at radius 2 is 1.95 bits per heavy atom. The minimum atomic E-state index is -0.423. The molecule has 0 unspecified atom stereocenters. The first-order valence-electron chi connectivity index (χ1n) is 11.7. The van der Waals surface area contributed by atoms with E-state index in [1.807, 2.05) is 56.5 Å². The van der Waals surface area contributed by atoms with Crippen LogP contribution in [0.5, 0.6) is 0 Å². The average molecular weight is 539 g/mol. The molecule has 4 rings (SSSR count). The molecule has 0 atom stereocenters. The van der Waals surface area contributed by atoms with Gasteiger partial charge in [-0.25, -0.2) is 9.97 Å². The van der Waals surface area contributed by atoms with Crippen LogP contribution >= 0.6 is 22.7 Å². The number of aliphatic hydroxyl groups excluding tert-OH is 1. The first-order valence-corrected chi connectivity index (χ1v) is 13.4. The molecule has 3 aromatic heterocycles. The van der Waals surface area contributed by atoms with E-state index in [1.165, 1.54) is 22.7 Å². The third-order valence-electron chi connectivity index (χ3n) is 5.34. The number of nitrogens with two attached hydrogens (primary N) is 1. The largest absolute Gasteiger partial charge is 0.397 e. The Kier molecular flexibility index (Phi) is 7.88. The van der Waals surface area contributed by atoms with Crippen molar-refractivity contribution >= 4 is 56.1 Å². The molecule has 0 aliphatic carbocycles. The molecule has 0 saturated heterocycles. The van der Waals surface area contributed by atoms with Gasteiger partial charge >= 0.3 is 0 Å². The SMILES string of the molecule is CN(CCO)CC(=O)Nc1cccc(-c2nc(-c3cccs3)nc3sc(C(=O)NC(C)(C)C)c(N)c23)c1. The molecule has 1 aromatic carbocycles. The van der Waals surface area contributed by atoms with E-state index in [2.05, 4.69) is 10.6 Å². The van der Waals surface area contributed by atoms with Crippen LogP contribution in [-0.2, 0) is 4.79 Å². The molecular weight excluding hydrogens is 508 g/mol. The van der Waals surface area contributed by atoms with Gasteiger partial charge in [-0.3, -0.25) is 14.5 Å². The molecular formula is C26H30N6O3S2. The number of fused-ring (bicyclic) bond motifs is 1. The summed E-state index contributed by atoms with van der Waals surface area (Å²) in [5.41, 5.74) is 8.37. The molecule has 0 aliphatic rings. The number of rotatable bonds is 8. The van der Waals surface area contributed by atoms with Crippen LogP contribution in [0.3, 0.4) is 0 Å². The number of amides is 2. The van der Waals surface area contributed by atoms with Gasteiger partial charge in [0.25, 0.3) is 5.91 Å². The highest BCUT2D eigenvalue weighted by atomic mass is 32.1. The second-order valence-electron chi connectivity index (χ2n) is 9.69. The summed E-state index contributed by atoms with van der Waals surface area (Å²) in [5, 5.41) is 17.5. The molecule has 5 N–H and O–H groups in total. The van der Waals surface area contributed by atoms with Crippen LogP contribution in [0, 0.1) is 0 Å². The Hall–Kier alpha value is -3.38. The summed E-state index contributed by atoms with van der Waals surface area (Å²) in [4.78, 5) is 38.8. The van der Waals surface area contributed by atoms with Gasteiger partial charge < -0.3 is 21.5 Å². The van der Waals surface area contributed by atoms with Gasteiger partial charge in [0.05, 0.1) is 34.8 Å². The van der Waals surface area contributed by atoms with Gasteiger partial charge in [0.2, 0.25) is 5.91 Å². The number of nitrogens with one attached hydrogen (secondary N) is 2. The normalized spacial score (nSPS) is 11.7. The topological polar surface area (TPSA) is 133 Å². The van der Waals surface area contributed by atoms with Crippen molar-refractivity contribution in [1.82, 2.24) is 20.2 Å². The molecule has 0 saturated carbocycles. The molecule has 0 spiro atoms. The van der Waals surface area contributed by atoms with Crippen molar-refractivity contribution in [2.45, 2.75) is 26.3 Å².